The molecule has 1 aliphatic rings. The number of aliphatic carboxylic acids is 1. The van der Waals surface area contributed by atoms with E-state index in [1.54, 1.807) is 6.92 Å². The zero-order chi connectivity index (χ0) is 14.0. The molecule has 0 aromatic carbocycles. The van der Waals surface area contributed by atoms with Gasteiger partial charge in [0.15, 0.2) is 0 Å². The van der Waals surface area contributed by atoms with Crippen molar-refractivity contribution in [2.75, 3.05) is 11.4 Å². The molecule has 2 rings (SSSR count). The predicted octanol–water partition coefficient (Wildman–Crippen LogP) is 1.74. The summed E-state index contributed by atoms with van der Waals surface area (Å²) in [5.41, 5.74) is 0.654. The average molecular weight is 265 g/mol. The number of carboxylic acid groups (broad SMARTS) is 1. The molecule has 19 heavy (non-hydrogen) atoms. The number of nitro groups is 1. The van der Waals surface area contributed by atoms with Crippen LogP contribution in [0.2, 0.25) is 0 Å². The van der Waals surface area contributed by atoms with Gasteiger partial charge < -0.3 is 10.0 Å². The number of anilines is 1. The summed E-state index contributed by atoms with van der Waals surface area (Å²) in [5, 5.41) is 19.6. The van der Waals surface area contributed by atoms with E-state index in [4.69, 9.17) is 5.11 Å². The molecule has 1 aromatic heterocycles. The fraction of sp³-hybridized carbons (Fsp3) is 0.500. The topological polar surface area (TPSA) is 96.6 Å². The van der Waals surface area contributed by atoms with Gasteiger partial charge in [-0.1, -0.05) is 0 Å². The highest BCUT2D eigenvalue weighted by Crippen LogP contribution is 2.29. The molecule has 1 atom stereocenters. The molecule has 2 heterocycles. The second kappa shape index (κ2) is 5.21. The van der Waals surface area contributed by atoms with Crippen LogP contribution in [-0.2, 0) is 4.79 Å². The third-order valence-electron chi connectivity index (χ3n) is 3.31. The number of pyridine rings is 1. The molecule has 1 aromatic rings. The summed E-state index contributed by atoms with van der Waals surface area (Å²) < 4.78 is 0. The normalized spacial score (nSPS) is 18.6. The molecule has 1 fully saturated rings. The molecule has 0 radical (unpaired) electrons. The van der Waals surface area contributed by atoms with E-state index >= 15 is 0 Å². The average Bonchev–Trinajstić information content (AvgIpc) is 2.75. The molecule has 102 valence electrons. The van der Waals surface area contributed by atoms with Crippen LogP contribution in [0.15, 0.2) is 12.3 Å². The number of carbonyl (C=O) groups is 1. The number of hydrogen-bond donors (Lipinski definition) is 1. The largest absolute Gasteiger partial charge is 0.481 e. The summed E-state index contributed by atoms with van der Waals surface area (Å²) in [4.78, 5) is 27.1. The highest BCUT2D eigenvalue weighted by Gasteiger charge is 2.29. The summed E-state index contributed by atoms with van der Waals surface area (Å²) in [6.45, 7) is 2.50. The van der Waals surface area contributed by atoms with E-state index < -0.39 is 10.9 Å². The second-order valence-electron chi connectivity index (χ2n) is 4.68. The van der Waals surface area contributed by atoms with Gasteiger partial charge in [-0.3, -0.25) is 14.9 Å². The van der Waals surface area contributed by atoms with Crippen molar-refractivity contribution in [3.05, 3.63) is 27.9 Å². The Hall–Kier alpha value is -2.18. The Morgan fingerprint density at radius 3 is 3.00 bits per heavy atom. The van der Waals surface area contributed by atoms with Gasteiger partial charge in [-0.2, -0.15) is 0 Å². The van der Waals surface area contributed by atoms with Crippen LogP contribution >= 0.6 is 0 Å². The van der Waals surface area contributed by atoms with Gasteiger partial charge in [-0.25, -0.2) is 4.98 Å². The van der Waals surface area contributed by atoms with Crippen molar-refractivity contribution in [3.63, 3.8) is 0 Å². The van der Waals surface area contributed by atoms with E-state index in [1.807, 2.05) is 4.90 Å². The minimum Gasteiger partial charge on any atom is -0.481 e. The number of carboxylic acids is 1. The van der Waals surface area contributed by atoms with E-state index in [9.17, 15) is 14.9 Å². The standard InChI is InChI=1S/C12H15N3O4/c1-8-5-10(15(18)19)7-13-12(8)14-4-2-3-9(14)6-11(16)17/h5,7,9H,2-4,6H2,1H3,(H,16,17). The van der Waals surface area contributed by atoms with Crippen LogP contribution in [0.25, 0.3) is 0 Å². The maximum absolute atomic E-state index is 10.8. The van der Waals surface area contributed by atoms with Crippen molar-refractivity contribution in [2.45, 2.75) is 32.2 Å². The first-order valence-corrected chi connectivity index (χ1v) is 6.08. The van der Waals surface area contributed by atoms with Gasteiger partial charge in [0.25, 0.3) is 5.69 Å². The smallest absolute Gasteiger partial charge is 0.305 e. The molecule has 0 spiro atoms. The molecule has 1 aliphatic heterocycles. The first-order chi connectivity index (χ1) is 8.99. The molecule has 1 saturated heterocycles. The second-order valence-corrected chi connectivity index (χ2v) is 4.68. The predicted molar refractivity (Wildman–Crippen MR) is 68.2 cm³/mol. The molecule has 7 heteroatoms. The maximum Gasteiger partial charge on any atom is 0.305 e. The Labute approximate surface area is 110 Å². The van der Waals surface area contributed by atoms with E-state index in [-0.39, 0.29) is 18.2 Å². The Kier molecular flexibility index (Phi) is 3.64. The lowest BCUT2D eigenvalue weighted by atomic mass is 10.1. The highest BCUT2D eigenvalue weighted by atomic mass is 16.6. The van der Waals surface area contributed by atoms with Gasteiger partial charge in [-0.15, -0.1) is 0 Å². The van der Waals surface area contributed by atoms with E-state index in [2.05, 4.69) is 4.98 Å². The Balaban J connectivity index is 2.25. The zero-order valence-electron chi connectivity index (χ0n) is 10.6. The molecule has 0 saturated carbocycles. The van der Waals surface area contributed by atoms with Crippen LogP contribution in [0.5, 0.6) is 0 Å². The fourth-order valence-electron chi connectivity index (χ4n) is 2.48. The summed E-state index contributed by atoms with van der Waals surface area (Å²) >= 11 is 0. The quantitative estimate of drug-likeness (QED) is 0.658. The van der Waals surface area contributed by atoms with Crippen LogP contribution < -0.4 is 4.90 Å². The lowest BCUT2D eigenvalue weighted by Crippen LogP contribution is -2.32. The summed E-state index contributed by atoms with van der Waals surface area (Å²) in [6.07, 6.45) is 3.01. The van der Waals surface area contributed by atoms with Crippen molar-refractivity contribution in [1.29, 1.82) is 0 Å². The number of aromatic nitrogens is 1. The SMILES string of the molecule is Cc1cc([N+](=O)[O-])cnc1N1CCCC1CC(=O)O. The molecule has 0 amide bonds. The first-order valence-electron chi connectivity index (χ1n) is 6.08. The highest BCUT2D eigenvalue weighted by molar-refractivity contribution is 5.69. The summed E-state index contributed by atoms with van der Waals surface area (Å²) in [7, 11) is 0. The van der Waals surface area contributed by atoms with Crippen LogP contribution in [0.4, 0.5) is 11.5 Å². The monoisotopic (exact) mass is 265 g/mol. The number of aryl methyl sites for hydroxylation is 1. The minimum absolute atomic E-state index is 0.0461. The minimum atomic E-state index is -0.837. The summed E-state index contributed by atoms with van der Waals surface area (Å²) in [6, 6.07) is 1.39. The molecule has 0 aliphatic carbocycles. The number of nitrogens with zero attached hydrogens (tertiary/aromatic N) is 3. The van der Waals surface area contributed by atoms with Crippen molar-refractivity contribution in [2.24, 2.45) is 0 Å². The number of hydrogen-bond acceptors (Lipinski definition) is 5. The van der Waals surface area contributed by atoms with Gasteiger partial charge >= 0.3 is 5.97 Å². The number of rotatable bonds is 4. The van der Waals surface area contributed by atoms with Gasteiger partial charge in [-0.05, 0) is 25.3 Å². The fourth-order valence-corrected chi connectivity index (χ4v) is 2.48. The van der Waals surface area contributed by atoms with Crippen LogP contribution in [0.3, 0.4) is 0 Å². The van der Waals surface area contributed by atoms with Gasteiger partial charge in [0, 0.05) is 18.7 Å². The molecule has 0 bridgehead atoms. The maximum atomic E-state index is 10.8. The van der Waals surface area contributed by atoms with Crippen LogP contribution in [-0.4, -0.2) is 33.6 Å². The van der Waals surface area contributed by atoms with Crippen molar-refractivity contribution in [3.8, 4) is 0 Å². The van der Waals surface area contributed by atoms with Crippen molar-refractivity contribution in [1.82, 2.24) is 4.98 Å². The Bertz CT molecular complexity index is 518. The van der Waals surface area contributed by atoms with Gasteiger partial charge in [0.05, 0.1) is 11.3 Å². The van der Waals surface area contributed by atoms with Gasteiger partial charge in [0.1, 0.15) is 12.0 Å². The third kappa shape index (κ3) is 2.81. The third-order valence-corrected chi connectivity index (χ3v) is 3.31. The molecule has 7 nitrogen and oxygen atoms in total. The molecular formula is C12H15N3O4. The van der Waals surface area contributed by atoms with Crippen LogP contribution in [0.1, 0.15) is 24.8 Å². The van der Waals surface area contributed by atoms with Crippen LogP contribution in [0, 0.1) is 17.0 Å². The molecule has 1 N–H and O–H groups in total. The Morgan fingerprint density at radius 2 is 2.42 bits per heavy atom. The molecule has 1 unspecified atom stereocenters. The molecular weight excluding hydrogens is 250 g/mol. The van der Waals surface area contributed by atoms with Crippen molar-refractivity contribution < 1.29 is 14.8 Å². The van der Waals surface area contributed by atoms with Gasteiger partial charge in [0.2, 0.25) is 0 Å². The summed E-state index contributed by atoms with van der Waals surface area (Å²) in [5.74, 6) is -0.189. The van der Waals surface area contributed by atoms with E-state index in [0.29, 0.717) is 11.4 Å². The van der Waals surface area contributed by atoms with Crippen molar-refractivity contribution >= 4 is 17.5 Å². The lowest BCUT2D eigenvalue weighted by Gasteiger charge is -2.25. The van der Waals surface area contributed by atoms with E-state index in [1.165, 1.54) is 12.3 Å². The first kappa shape index (κ1) is 13.3. The zero-order valence-corrected chi connectivity index (χ0v) is 10.6. The Morgan fingerprint density at radius 1 is 1.68 bits per heavy atom. The lowest BCUT2D eigenvalue weighted by molar-refractivity contribution is -0.385. The van der Waals surface area contributed by atoms with E-state index in [0.717, 1.165) is 19.4 Å².